The second-order valence-electron chi connectivity index (χ2n) is 8.42. The van der Waals surface area contributed by atoms with Crippen molar-refractivity contribution in [2.24, 2.45) is 0 Å². The number of hydrogen-bond acceptors (Lipinski definition) is 7. The normalized spacial score (nSPS) is 17.7. The Balaban J connectivity index is 1.45. The van der Waals surface area contributed by atoms with Gasteiger partial charge in [0.15, 0.2) is 9.84 Å². The van der Waals surface area contributed by atoms with Crippen LogP contribution in [0.15, 0.2) is 53.4 Å². The van der Waals surface area contributed by atoms with E-state index in [4.69, 9.17) is 16.3 Å². The molecule has 1 N–H and O–H groups in total. The van der Waals surface area contributed by atoms with Crippen LogP contribution >= 0.6 is 11.6 Å². The van der Waals surface area contributed by atoms with Gasteiger partial charge in [-0.2, -0.15) is 0 Å². The van der Waals surface area contributed by atoms with Crippen LogP contribution in [0.2, 0.25) is 5.02 Å². The Morgan fingerprint density at radius 3 is 2.55 bits per heavy atom. The maximum Gasteiger partial charge on any atom is 0.178 e. The van der Waals surface area contributed by atoms with E-state index in [-0.39, 0.29) is 28.9 Å². The molecule has 0 radical (unpaired) electrons. The topological polar surface area (TPSA) is 92.8 Å². The van der Waals surface area contributed by atoms with Gasteiger partial charge in [-0.1, -0.05) is 23.7 Å². The van der Waals surface area contributed by atoms with E-state index < -0.39 is 19.7 Å². The summed E-state index contributed by atoms with van der Waals surface area (Å²) in [6.45, 7) is 4.16. The van der Waals surface area contributed by atoms with Crippen LogP contribution in [0.25, 0.3) is 0 Å². The van der Waals surface area contributed by atoms with E-state index in [1.54, 1.807) is 12.1 Å². The first kappa shape index (κ1) is 26.0. The Morgan fingerprint density at radius 1 is 1.09 bits per heavy atom. The lowest BCUT2D eigenvalue weighted by molar-refractivity contribution is 0.159. The number of ether oxygens (including phenoxy) is 1. The maximum atomic E-state index is 12.4. The van der Waals surface area contributed by atoms with Crippen molar-refractivity contribution in [1.29, 1.82) is 0 Å². The molecule has 3 rings (SSSR count). The number of rotatable bonds is 11. The van der Waals surface area contributed by atoms with Crippen LogP contribution < -0.4 is 10.1 Å². The van der Waals surface area contributed by atoms with Gasteiger partial charge < -0.3 is 15.0 Å². The van der Waals surface area contributed by atoms with Crippen LogP contribution in [0, 0.1) is 0 Å². The van der Waals surface area contributed by atoms with E-state index in [0.29, 0.717) is 12.4 Å². The minimum absolute atomic E-state index is 0.0839. The molecule has 10 heteroatoms. The number of nitrogens with one attached hydrogen (secondary N) is 1. The molecular formula is C23H31ClN2O5S2. The summed E-state index contributed by atoms with van der Waals surface area (Å²) >= 11 is 6.07. The van der Waals surface area contributed by atoms with E-state index in [9.17, 15) is 16.8 Å². The first-order valence-corrected chi connectivity index (χ1v) is 15.0. The quantitative estimate of drug-likeness (QED) is 0.492. The lowest BCUT2D eigenvalue weighted by atomic mass is 10.1. The average Bonchev–Trinajstić information content (AvgIpc) is 2.76. The fourth-order valence-corrected chi connectivity index (χ4v) is 6.13. The SMILES string of the molecule is CS(=O)(=O)CCCS(=O)(=O)c1ccc(OC[C@@H]2CN(CCc3cccc(Cl)c3)CCN2)cc1. The zero-order chi connectivity index (χ0) is 23.9. The zero-order valence-electron chi connectivity index (χ0n) is 18.7. The second-order valence-corrected chi connectivity index (χ2v) is 13.2. The fourth-order valence-electron chi connectivity index (χ4n) is 3.76. The molecule has 2 aromatic rings. The number of benzene rings is 2. The van der Waals surface area contributed by atoms with Gasteiger partial charge in [0.25, 0.3) is 0 Å². The van der Waals surface area contributed by atoms with Crippen molar-refractivity contribution >= 4 is 31.3 Å². The molecule has 1 saturated heterocycles. The van der Waals surface area contributed by atoms with Gasteiger partial charge >= 0.3 is 0 Å². The molecule has 0 aromatic heterocycles. The summed E-state index contributed by atoms with van der Waals surface area (Å²) < 4.78 is 53.1. The first-order valence-electron chi connectivity index (χ1n) is 10.9. The summed E-state index contributed by atoms with van der Waals surface area (Å²) in [4.78, 5) is 2.57. The molecule has 7 nitrogen and oxygen atoms in total. The highest BCUT2D eigenvalue weighted by Crippen LogP contribution is 2.18. The van der Waals surface area contributed by atoms with Crippen LogP contribution in [0.1, 0.15) is 12.0 Å². The van der Waals surface area contributed by atoms with E-state index in [1.165, 1.54) is 17.7 Å². The van der Waals surface area contributed by atoms with E-state index >= 15 is 0 Å². The predicted molar refractivity (Wildman–Crippen MR) is 132 cm³/mol. The molecule has 1 fully saturated rings. The van der Waals surface area contributed by atoms with Gasteiger partial charge in [-0.3, -0.25) is 0 Å². The lowest BCUT2D eigenvalue weighted by Gasteiger charge is -2.33. The Morgan fingerprint density at radius 2 is 1.85 bits per heavy atom. The molecule has 33 heavy (non-hydrogen) atoms. The fraction of sp³-hybridized carbons (Fsp3) is 0.478. The minimum Gasteiger partial charge on any atom is -0.492 e. The Labute approximate surface area is 201 Å². The summed E-state index contributed by atoms with van der Waals surface area (Å²) in [6, 6.07) is 14.4. The summed E-state index contributed by atoms with van der Waals surface area (Å²) in [5.41, 5.74) is 1.22. The number of halogens is 1. The Hall–Kier alpha value is -1.65. The van der Waals surface area contributed by atoms with E-state index in [1.807, 2.05) is 18.2 Å². The molecule has 0 bridgehead atoms. The largest absolute Gasteiger partial charge is 0.492 e. The molecular weight excluding hydrogens is 484 g/mol. The van der Waals surface area contributed by atoms with Crippen molar-refractivity contribution in [3.8, 4) is 5.75 Å². The molecule has 1 aliphatic rings. The molecule has 0 unspecified atom stereocenters. The lowest BCUT2D eigenvalue weighted by Crippen LogP contribution is -2.53. The average molecular weight is 515 g/mol. The van der Waals surface area contributed by atoms with Crippen LogP contribution in [-0.2, 0) is 26.1 Å². The summed E-state index contributed by atoms with van der Waals surface area (Å²) in [5, 5.41) is 4.22. The van der Waals surface area contributed by atoms with Crippen molar-refractivity contribution in [1.82, 2.24) is 10.2 Å². The van der Waals surface area contributed by atoms with Gasteiger partial charge in [-0.25, -0.2) is 16.8 Å². The minimum atomic E-state index is -3.52. The van der Waals surface area contributed by atoms with Crippen molar-refractivity contribution in [2.75, 3.05) is 50.5 Å². The number of piperazine rings is 1. The van der Waals surface area contributed by atoms with Crippen molar-refractivity contribution in [2.45, 2.75) is 23.8 Å². The van der Waals surface area contributed by atoms with Gasteiger partial charge in [0.2, 0.25) is 0 Å². The van der Waals surface area contributed by atoms with Crippen molar-refractivity contribution in [3.63, 3.8) is 0 Å². The molecule has 1 heterocycles. The smallest absolute Gasteiger partial charge is 0.178 e. The Bertz CT molecular complexity index is 1120. The molecule has 1 atom stereocenters. The third-order valence-electron chi connectivity index (χ3n) is 5.51. The van der Waals surface area contributed by atoms with E-state index in [2.05, 4.69) is 16.3 Å². The highest BCUT2D eigenvalue weighted by molar-refractivity contribution is 7.92. The monoisotopic (exact) mass is 514 g/mol. The third-order valence-corrected chi connectivity index (χ3v) is 8.59. The van der Waals surface area contributed by atoms with Crippen LogP contribution in [0.5, 0.6) is 5.75 Å². The van der Waals surface area contributed by atoms with Gasteiger partial charge in [-0.15, -0.1) is 0 Å². The summed E-state index contributed by atoms with van der Waals surface area (Å²) in [7, 11) is -6.70. The first-order chi connectivity index (χ1) is 15.6. The molecule has 0 amide bonds. The molecule has 0 aliphatic carbocycles. The Kier molecular flexibility index (Phi) is 9.17. The van der Waals surface area contributed by atoms with Crippen molar-refractivity contribution in [3.05, 3.63) is 59.1 Å². The maximum absolute atomic E-state index is 12.4. The third kappa shape index (κ3) is 8.90. The zero-order valence-corrected chi connectivity index (χ0v) is 21.1. The number of nitrogens with zero attached hydrogens (tertiary/aromatic N) is 1. The van der Waals surface area contributed by atoms with Gasteiger partial charge in [-0.05, 0) is 54.8 Å². The van der Waals surface area contributed by atoms with Crippen LogP contribution in [-0.4, -0.2) is 78.3 Å². The molecule has 0 saturated carbocycles. The molecule has 2 aromatic carbocycles. The van der Waals surface area contributed by atoms with Gasteiger partial charge in [0.05, 0.1) is 22.4 Å². The van der Waals surface area contributed by atoms with E-state index in [0.717, 1.165) is 43.9 Å². The molecule has 1 aliphatic heterocycles. The van der Waals surface area contributed by atoms with Gasteiger partial charge in [0, 0.05) is 37.5 Å². The van der Waals surface area contributed by atoms with Crippen molar-refractivity contribution < 1.29 is 21.6 Å². The number of sulfone groups is 2. The van der Waals surface area contributed by atoms with Gasteiger partial charge in [0.1, 0.15) is 22.2 Å². The highest BCUT2D eigenvalue weighted by atomic mass is 35.5. The summed E-state index contributed by atoms with van der Waals surface area (Å²) in [6.07, 6.45) is 2.13. The number of hydrogen-bond donors (Lipinski definition) is 1. The molecule has 0 spiro atoms. The second kappa shape index (κ2) is 11.7. The standard InChI is InChI=1S/C23H31ClN2O5S2/c1-32(27,28)14-3-15-33(29,30)23-8-6-22(7-9-23)31-18-21-17-26(13-11-25-21)12-10-19-4-2-5-20(24)16-19/h2,4-9,16,21,25H,3,10-15,17-18H2,1H3/t21-/m0/s1. The molecule has 182 valence electrons. The predicted octanol–water partition coefficient (Wildman–Crippen LogP) is 2.44. The van der Waals surface area contributed by atoms with Crippen LogP contribution in [0.3, 0.4) is 0 Å². The highest BCUT2D eigenvalue weighted by Gasteiger charge is 2.20. The summed E-state index contributed by atoms with van der Waals surface area (Å²) in [5.74, 6) is 0.262. The van der Waals surface area contributed by atoms with Crippen LogP contribution in [0.4, 0.5) is 0 Å².